The van der Waals surface area contributed by atoms with Crippen molar-refractivity contribution in [3.05, 3.63) is 76.0 Å². The Morgan fingerprint density at radius 1 is 1.15 bits per heavy atom. The van der Waals surface area contributed by atoms with Crippen LogP contribution in [0.25, 0.3) is 0 Å². The second-order valence-corrected chi connectivity index (χ2v) is 5.78. The molecule has 2 heterocycles. The second-order valence-electron chi connectivity index (χ2n) is 4.75. The number of imidazole rings is 1. The standard InChI is InChI=1S/C16H17N3S/c17-11-13-3-1-4-14(9-13)12-19-7-6-18-16(19)10-15-5-2-8-20-15/h1-9H,10-12,17H2. The Morgan fingerprint density at radius 3 is 2.85 bits per heavy atom. The van der Waals surface area contributed by atoms with Crippen molar-refractivity contribution >= 4 is 11.3 Å². The molecule has 3 rings (SSSR count). The lowest BCUT2D eigenvalue weighted by molar-refractivity contribution is 0.742. The fourth-order valence-electron chi connectivity index (χ4n) is 2.27. The van der Waals surface area contributed by atoms with Crippen molar-refractivity contribution in [2.24, 2.45) is 5.73 Å². The summed E-state index contributed by atoms with van der Waals surface area (Å²) in [5.74, 6) is 1.10. The average molecular weight is 283 g/mol. The van der Waals surface area contributed by atoms with Gasteiger partial charge in [0, 0.05) is 36.8 Å². The third-order valence-corrected chi connectivity index (χ3v) is 4.17. The molecule has 2 N–H and O–H groups in total. The summed E-state index contributed by atoms with van der Waals surface area (Å²) >= 11 is 1.77. The largest absolute Gasteiger partial charge is 0.330 e. The highest BCUT2D eigenvalue weighted by Gasteiger charge is 2.06. The molecule has 0 bridgehead atoms. The highest BCUT2D eigenvalue weighted by Crippen LogP contribution is 2.15. The van der Waals surface area contributed by atoms with E-state index in [0.29, 0.717) is 6.54 Å². The van der Waals surface area contributed by atoms with Gasteiger partial charge in [-0.2, -0.15) is 0 Å². The van der Waals surface area contributed by atoms with Crippen molar-refractivity contribution < 1.29 is 0 Å². The van der Waals surface area contributed by atoms with E-state index in [4.69, 9.17) is 5.73 Å². The molecule has 1 aromatic carbocycles. The summed E-state index contributed by atoms with van der Waals surface area (Å²) in [5, 5.41) is 2.10. The van der Waals surface area contributed by atoms with Gasteiger partial charge in [0.05, 0.1) is 0 Å². The SMILES string of the molecule is NCc1cccc(Cn2ccnc2Cc2cccs2)c1. The van der Waals surface area contributed by atoms with Gasteiger partial charge in [0.2, 0.25) is 0 Å². The summed E-state index contributed by atoms with van der Waals surface area (Å²) in [7, 11) is 0. The van der Waals surface area contributed by atoms with Gasteiger partial charge in [-0.15, -0.1) is 11.3 Å². The second kappa shape index (κ2) is 6.03. The van der Waals surface area contributed by atoms with Crippen LogP contribution in [0.3, 0.4) is 0 Å². The van der Waals surface area contributed by atoms with Crippen molar-refractivity contribution in [3.8, 4) is 0 Å². The van der Waals surface area contributed by atoms with Crippen molar-refractivity contribution in [1.29, 1.82) is 0 Å². The minimum absolute atomic E-state index is 0.583. The third kappa shape index (κ3) is 2.98. The van der Waals surface area contributed by atoms with E-state index in [1.54, 1.807) is 11.3 Å². The smallest absolute Gasteiger partial charge is 0.114 e. The predicted molar refractivity (Wildman–Crippen MR) is 82.8 cm³/mol. The quantitative estimate of drug-likeness (QED) is 0.782. The molecule has 0 saturated carbocycles. The van der Waals surface area contributed by atoms with E-state index in [1.165, 1.54) is 16.0 Å². The average Bonchev–Trinajstić information content (AvgIpc) is 3.12. The number of hydrogen-bond donors (Lipinski definition) is 1. The molecule has 20 heavy (non-hydrogen) atoms. The highest BCUT2D eigenvalue weighted by atomic mass is 32.1. The van der Waals surface area contributed by atoms with Crippen LogP contribution in [0.2, 0.25) is 0 Å². The van der Waals surface area contributed by atoms with E-state index in [-0.39, 0.29) is 0 Å². The molecule has 3 aromatic rings. The Bertz CT molecular complexity index is 671. The summed E-state index contributed by atoms with van der Waals surface area (Å²) in [5.41, 5.74) is 8.13. The number of thiophene rings is 1. The van der Waals surface area contributed by atoms with E-state index in [0.717, 1.165) is 18.8 Å². The number of hydrogen-bond acceptors (Lipinski definition) is 3. The lowest BCUT2D eigenvalue weighted by Gasteiger charge is -2.08. The molecule has 0 aliphatic rings. The van der Waals surface area contributed by atoms with Gasteiger partial charge < -0.3 is 10.3 Å². The number of nitrogens with zero attached hydrogens (tertiary/aromatic N) is 2. The van der Waals surface area contributed by atoms with Gasteiger partial charge in [-0.3, -0.25) is 0 Å². The van der Waals surface area contributed by atoms with E-state index >= 15 is 0 Å². The Balaban J connectivity index is 1.79. The van der Waals surface area contributed by atoms with Crippen LogP contribution in [-0.4, -0.2) is 9.55 Å². The number of rotatable bonds is 5. The zero-order chi connectivity index (χ0) is 13.8. The van der Waals surface area contributed by atoms with Gasteiger partial charge in [0.1, 0.15) is 5.82 Å². The molecular formula is C16H17N3S. The Labute approximate surface area is 122 Å². The molecular weight excluding hydrogens is 266 g/mol. The molecule has 4 heteroatoms. The minimum Gasteiger partial charge on any atom is -0.330 e. The van der Waals surface area contributed by atoms with Crippen LogP contribution in [0.4, 0.5) is 0 Å². The van der Waals surface area contributed by atoms with Crippen molar-refractivity contribution in [1.82, 2.24) is 9.55 Å². The number of aromatic nitrogens is 2. The first-order valence-corrected chi connectivity index (χ1v) is 7.53. The van der Waals surface area contributed by atoms with Crippen LogP contribution in [0.15, 0.2) is 54.2 Å². The fourth-order valence-corrected chi connectivity index (χ4v) is 2.97. The van der Waals surface area contributed by atoms with Crippen LogP contribution in [-0.2, 0) is 19.5 Å². The van der Waals surface area contributed by atoms with E-state index in [1.807, 2.05) is 12.4 Å². The molecule has 0 spiro atoms. The predicted octanol–water partition coefficient (Wildman–Crippen LogP) is 3.04. The van der Waals surface area contributed by atoms with Gasteiger partial charge in [-0.05, 0) is 22.6 Å². The Hall–Kier alpha value is -1.91. The lowest BCUT2D eigenvalue weighted by Crippen LogP contribution is -2.05. The molecule has 0 fully saturated rings. The number of nitrogens with two attached hydrogens (primary N) is 1. The van der Waals surface area contributed by atoms with Crippen LogP contribution in [0, 0.1) is 0 Å². The van der Waals surface area contributed by atoms with Crippen molar-refractivity contribution in [2.75, 3.05) is 0 Å². The first-order chi connectivity index (χ1) is 9.85. The topological polar surface area (TPSA) is 43.8 Å². The first-order valence-electron chi connectivity index (χ1n) is 6.65. The Kier molecular flexibility index (Phi) is 3.95. The normalized spacial score (nSPS) is 10.8. The summed E-state index contributed by atoms with van der Waals surface area (Å²) in [6, 6.07) is 12.6. The summed E-state index contributed by atoms with van der Waals surface area (Å²) < 4.78 is 2.20. The molecule has 2 aromatic heterocycles. The van der Waals surface area contributed by atoms with Crippen LogP contribution in [0.1, 0.15) is 21.8 Å². The summed E-state index contributed by atoms with van der Waals surface area (Å²) in [4.78, 5) is 5.82. The van der Waals surface area contributed by atoms with Gasteiger partial charge in [-0.1, -0.05) is 30.3 Å². The molecule has 0 radical (unpaired) electrons. The molecule has 3 nitrogen and oxygen atoms in total. The first kappa shape index (κ1) is 13.1. The molecule has 0 aliphatic heterocycles. The van der Waals surface area contributed by atoms with Gasteiger partial charge >= 0.3 is 0 Å². The zero-order valence-electron chi connectivity index (χ0n) is 11.2. The fraction of sp³-hybridized carbons (Fsp3) is 0.188. The maximum atomic E-state index is 5.69. The molecule has 0 atom stereocenters. The molecule has 0 unspecified atom stereocenters. The van der Waals surface area contributed by atoms with E-state index in [9.17, 15) is 0 Å². The Morgan fingerprint density at radius 2 is 2.05 bits per heavy atom. The van der Waals surface area contributed by atoms with Crippen LogP contribution < -0.4 is 5.73 Å². The molecule has 0 amide bonds. The van der Waals surface area contributed by atoms with Crippen LogP contribution in [0.5, 0.6) is 0 Å². The summed E-state index contributed by atoms with van der Waals surface area (Å²) in [6.45, 7) is 1.42. The van der Waals surface area contributed by atoms with Gasteiger partial charge in [0.25, 0.3) is 0 Å². The maximum Gasteiger partial charge on any atom is 0.114 e. The minimum atomic E-state index is 0.583. The van der Waals surface area contributed by atoms with Crippen LogP contribution >= 0.6 is 11.3 Å². The zero-order valence-corrected chi connectivity index (χ0v) is 12.0. The monoisotopic (exact) mass is 283 g/mol. The van der Waals surface area contributed by atoms with Crippen molar-refractivity contribution in [2.45, 2.75) is 19.5 Å². The molecule has 0 aliphatic carbocycles. The number of benzene rings is 1. The van der Waals surface area contributed by atoms with Crippen molar-refractivity contribution in [3.63, 3.8) is 0 Å². The van der Waals surface area contributed by atoms with E-state index < -0.39 is 0 Å². The lowest BCUT2D eigenvalue weighted by atomic mass is 10.1. The molecule has 0 saturated heterocycles. The van der Waals surface area contributed by atoms with Gasteiger partial charge in [-0.25, -0.2) is 4.98 Å². The maximum absolute atomic E-state index is 5.69. The third-order valence-electron chi connectivity index (χ3n) is 3.29. The highest BCUT2D eigenvalue weighted by molar-refractivity contribution is 7.09. The summed E-state index contributed by atoms with van der Waals surface area (Å²) in [6.07, 6.45) is 4.80. The van der Waals surface area contributed by atoms with E-state index in [2.05, 4.69) is 51.3 Å². The van der Waals surface area contributed by atoms with Gasteiger partial charge in [0.15, 0.2) is 0 Å². The molecule has 102 valence electrons.